The highest BCUT2D eigenvalue weighted by atomic mass is 16.5. The van der Waals surface area contributed by atoms with Crippen LogP contribution in [-0.4, -0.2) is 42.3 Å². The van der Waals surface area contributed by atoms with Crippen LogP contribution in [0.1, 0.15) is 16.7 Å². The van der Waals surface area contributed by atoms with Gasteiger partial charge in [0.2, 0.25) is 5.91 Å². The van der Waals surface area contributed by atoms with Crippen molar-refractivity contribution in [1.29, 1.82) is 0 Å². The molecule has 3 aromatic carbocycles. The quantitative estimate of drug-likeness (QED) is 0.388. The number of aromatic hydroxyl groups is 1. The summed E-state index contributed by atoms with van der Waals surface area (Å²) in [4.78, 5) is 38.1. The highest BCUT2D eigenvalue weighted by Crippen LogP contribution is 2.12. The maximum absolute atomic E-state index is 13.2. The summed E-state index contributed by atoms with van der Waals surface area (Å²) in [5, 5.41) is 14.8. The lowest BCUT2D eigenvalue weighted by Crippen LogP contribution is -2.53. The molecule has 3 rings (SSSR count). The standard InChI is InChI=1S/C27H28N2O6/c1-34-26(32)24(17-19-8-4-2-5-9-19)28-25(31)23(16-20-12-14-22(30)15-13-20)29-27(33)35-18-21-10-6-3-7-11-21/h2-15,23-24,30H,16-18H2,1H3,(H,28,31)(H,29,33). The van der Waals surface area contributed by atoms with Crippen molar-refractivity contribution in [3.63, 3.8) is 0 Å². The number of benzene rings is 3. The molecule has 3 N–H and O–H groups in total. The Morgan fingerprint density at radius 2 is 1.29 bits per heavy atom. The molecule has 0 aliphatic carbocycles. The van der Waals surface area contributed by atoms with E-state index >= 15 is 0 Å². The van der Waals surface area contributed by atoms with Crippen molar-refractivity contribution in [1.82, 2.24) is 10.6 Å². The maximum Gasteiger partial charge on any atom is 0.408 e. The molecule has 8 nitrogen and oxygen atoms in total. The minimum atomic E-state index is -1.04. The van der Waals surface area contributed by atoms with Gasteiger partial charge in [0.05, 0.1) is 7.11 Å². The van der Waals surface area contributed by atoms with E-state index < -0.39 is 30.1 Å². The number of phenolic OH excluding ortho intramolecular Hbond substituents is 1. The van der Waals surface area contributed by atoms with Crippen LogP contribution >= 0.6 is 0 Å². The van der Waals surface area contributed by atoms with Crippen LogP contribution < -0.4 is 10.6 Å². The van der Waals surface area contributed by atoms with E-state index in [2.05, 4.69) is 10.6 Å². The van der Waals surface area contributed by atoms with Gasteiger partial charge in [-0.05, 0) is 28.8 Å². The Kier molecular flexibility index (Phi) is 9.24. The first-order valence-corrected chi connectivity index (χ1v) is 11.1. The fourth-order valence-corrected chi connectivity index (χ4v) is 3.44. The van der Waals surface area contributed by atoms with Crippen molar-refractivity contribution in [2.24, 2.45) is 0 Å². The lowest BCUT2D eigenvalue weighted by Gasteiger charge is -2.22. The van der Waals surface area contributed by atoms with E-state index in [-0.39, 0.29) is 25.2 Å². The first-order chi connectivity index (χ1) is 16.9. The smallest absolute Gasteiger partial charge is 0.408 e. The van der Waals surface area contributed by atoms with Crippen LogP contribution in [0.3, 0.4) is 0 Å². The zero-order valence-corrected chi connectivity index (χ0v) is 19.3. The molecule has 0 saturated carbocycles. The lowest BCUT2D eigenvalue weighted by atomic mass is 10.0. The first-order valence-electron chi connectivity index (χ1n) is 11.1. The molecule has 3 aromatic rings. The van der Waals surface area contributed by atoms with E-state index in [9.17, 15) is 19.5 Å². The number of phenols is 1. The van der Waals surface area contributed by atoms with Gasteiger partial charge >= 0.3 is 12.1 Å². The van der Waals surface area contributed by atoms with Gasteiger partial charge in [-0.1, -0.05) is 72.8 Å². The Morgan fingerprint density at radius 1 is 0.743 bits per heavy atom. The van der Waals surface area contributed by atoms with E-state index in [1.165, 1.54) is 19.2 Å². The van der Waals surface area contributed by atoms with Crippen LogP contribution in [0.25, 0.3) is 0 Å². The number of alkyl carbamates (subject to hydrolysis) is 1. The van der Waals surface area contributed by atoms with Crippen LogP contribution in [-0.2, 0) is 38.5 Å². The average Bonchev–Trinajstić information content (AvgIpc) is 2.88. The molecule has 0 saturated heterocycles. The molecule has 2 unspecified atom stereocenters. The summed E-state index contributed by atoms with van der Waals surface area (Å²) >= 11 is 0. The van der Waals surface area contributed by atoms with E-state index in [4.69, 9.17) is 9.47 Å². The highest BCUT2D eigenvalue weighted by molar-refractivity contribution is 5.90. The number of hydrogen-bond donors (Lipinski definition) is 3. The third-order valence-corrected chi connectivity index (χ3v) is 5.28. The average molecular weight is 477 g/mol. The molecular formula is C27H28N2O6. The van der Waals surface area contributed by atoms with Crippen LogP contribution in [0.15, 0.2) is 84.9 Å². The Balaban J connectivity index is 1.72. The molecule has 0 aromatic heterocycles. The van der Waals surface area contributed by atoms with Gasteiger partial charge in [-0.25, -0.2) is 9.59 Å². The predicted octanol–water partition coefficient (Wildman–Crippen LogP) is 3.13. The summed E-state index contributed by atoms with van der Waals surface area (Å²) in [6.07, 6.45) is -0.430. The first kappa shape index (κ1) is 25.3. The number of carbonyl (C=O) groups excluding carboxylic acids is 3. The number of amides is 2. The molecule has 35 heavy (non-hydrogen) atoms. The second-order valence-electron chi connectivity index (χ2n) is 7.90. The topological polar surface area (TPSA) is 114 Å². The van der Waals surface area contributed by atoms with Crippen molar-refractivity contribution in [3.8, 4) is 5.75 Å². The monoisotopic (exact) mass is 476 g/mol. The zero-order chi connectivity index (χ0) is 25.0. The zero-order valence-electron chi connectivity index (χ0n) is 19.3. The summed E-state index contributed by atoms with van der Waals surface area (Å²) in [6.45, 7) is 0.0407. The van der Waals surface area contributed by atoms with Gasteiger partial charge in [-0.2, -0.15) is 0 Å². The molecule has 2 atom stereocenters. The molecule has 2 amide bonds. The number of hydrogen-bond acceptors (Lipinski definition) is 6. The van der Waals surface area contributed by atoms with Crippen molar-refractivity contribution < 1.29 is 29.0 Å². The fraction of sp³-hybridized carbons (Fsp3) is 0.222. The molecule has 0 aliphatic rings. The Hall–Kier alpha value is -4.33. The second kappa shape index (κ2) is 12.8. The van der Waals surface area contributed by atoms with Gasteiger partial charge in [-0.3, -0.25) is 4.79 Å². The van der Waals surface area contributed by atoms with Crippen molar-refractivity contribution >= 4 is 18.0 Å². The van der Waals surface area contributed by atoms with Crippen LogP contribution in [0.5, 0.6) is 5.75 Å². The van der Waals surface area contributed by atoms with Crippen molar-refractivity contribution in [3.05, 3.63) is 102 Å². The second-order valence-corrected chi connectivity index (χ2v) is 7.90. The Bertz CT molecular complexity index is 1100. The minimum Gasteiger partial charge on any atom is -0.508 e. The summed E-state index contributed by atoms with van der Waals surface area (Å²) < 4.78 is 10.1. The summed E-state index contributed by atoms with van der Waals surface area (Å²) in [6, 6.07) is 22.7. The van der Waals surface area contributed by atoms with Crippen LogP contribution in [0.4, 0.5) is 4.79 Å². The highest BCUT2D eigenvalue weighted by Gasteiger charge is 2.28. The van der Waals surface area contributed by atoms with E-state index in [0.717, 1.165) is 11.1 Å². The molecule has 182 valence electrons. The molecule has 8 heteroatoms. The SMILES string of the molecule is COC(=O)C(Cc1ccccc1)NC(=O)C(Cc1ccc(O)cc1)NC(=O)OCc1ccccc1. The third kappa shape index (κ3) is 8.19. The van der Waals surface area contributed by atoms with E-state index in [1.807, 2.05) is 60.7 Å². The van der Waals surface area contributed by atoms with Crippen LogP contribution in [0.2, 0.25) is 0 Å². The Morgan fingerprint density at radius 3 is 1.89 bits per heavy atom. The number of methoxy groups -OCH3 is 1. The number of carbonyl (C=O) groups is 3. The molecule has 0 spiro atoms. The number of ether oxygens (including phenoxy) is 2. The van der Waals surface area contributed by atoms with Crippen molar-refractivity contribution in [2.45, 2.75) is 31.5 Å². The van der Waals surface area contributed by atoms with Gasteiger partial charge in [-0.15, -0.1) is 0 Å². The normalized spacial score (nSPS) is 12.1. The van der Waals surface area contributed by atoms with Gasteiger partial charge in [0, 0.05) is 12.8 Å². The van der Waals surface area contributed by atoms with Gasteiger partial charge in [0.1, 0.15) is 24.4 Å². The predicted molar refractivity (Wildman–Crippen MR) is 129 cm³/mol. The van der Waals surface area contributed by atoms with Gasteiger partial charge in [0.25, 0.3) is 0 Å². The van der Waals surface area contributed by atoms with E-state index in [0.29, 0.717) is 5.56 Å². The largest absolute Gasteiger partial charge is 0.508 e. The van der Waals surface area contributed by atoms with Gasteiger partial charge < -0.3 is 25.2 Å². The lowest BCUT2D eigenvalue weighted by molar-refractivity contribution is -0.145. The minimum absolute atomic E-state index is 0.0407. The summed E-state index contributed by atoms with van der Waals surface area (Å²) in [5.41, 5.74) is 2.34. The number of esters is 1. The molecule has 0 aliphatic heterocycles. The molecule has 0 radical (unpaired) electrons. The maximum atomic E-state index is 13.2. The van der Waals surface area contributed by atoms with Crippen LogP contribution in [0, 0.1) is 0 Å². The molecule has 0 fully saturated rings. The number of rotatable bonds is 10. The number of nitrogens with one attached hydrogen (secondary N) is 2. The summed E-state index contributed by atoms with van der Waals surface area (Å²) in [7, 11) is 1.25. The van der Waals surface area contributed by atoms with E-state index in [1.54, 1.807) is 12.1 Å². The van der Waals surface area contributed by atoms with Crippen molar-refractivity contribution in [2.75, 3.05) is 7.11 Å². The molecule has 0 heterocycles. The molecular weight excluding hydrogens is 448 g/mol. The van der Waals surface area contributed by atoms with Gasteiger partial charge in [0.15, 0.2) is 0 Å². The molecule has 0 bridgehead atoms. The summed E-state index contributed by atoms with van der Waals surface area (Å²) in [5.74, 6) is -1.09. The third-order valence-electron chi connectivity index (χ3n) is 5.28. The fourth-order valence-electron chi connectivity index (χ4n) is 3.44. The Labute approximate surface area is 203 Å².